The monoisotopic (exact) mass is 280 g/mol. The van der Waals surface area contributed by atoms with Crippen molar-refractivity contribution in [3.63, 3.8) is 0 Å². The second-order valence-electron chi connectivity index (χ2n) is 5.00. The van der Waals surface area contributed by atoms with Crippen molar-refractivity contribution in [3.05, 3.63) is 65.5 Å². The molecule has 0 aliphatic rings. The number of hydrogen-bond donors (Lipinski definition) is 1. The van der Waals surface area contributed by atoms with Gasteiger partial charge in [-0.1, -0.05) is 24.0 Å². The number of aliphatic hydroxyl groups is 1. The highest BCUT2D eigenvalue weighted by molar-refractivity contribution is 5.37. The first-order valence-electron chi connectivity index (χ1n) is 7.04. The summed E-state index contributed by atoms with van der Waals surface area (Å²) in [5, 5.41) is 8.74. The van der Waals surface area contributed by atoms with Crippen LogP contribution in [0.4, 0.5) is 0 Å². The highest BCUT2D eigenvalue weighted by Gasteiger charge is 2.02. The molecule has 21 heavy (non-hydrogen) atoms. The Hall–Kier alpha value is -2.15. The molecule has 1 aromatic heterocycles. The molecule has 0 atom stereocenters. The van der Waals surface area contributed by atoms with Crippen molar-refractivity contribution in [1.29, 1.82) is 0 Å². The lowest BCUT2D eigenvalue weighted by Crippen LogP contribution is -2.17. The van der Waals surface area contributed by atoms with Crippen LogP contribution in [0.25, 0.3) is 0 Å². The van der Waals surface area contributed by atoms with Gasteiger partial charge in [-0.05, 0) is 42.4 Å². The maximum absolute atomic E-state index is 8.74. The first kappa shape index (κ1) is 15.2. The summed E-state index contributed by atoms with van der Waals surface area (Å²) in [4.78, 5) is 6.29. The summed E-state index contributed by atoms with van der Waals surface area (Å²) in [7, 11) is 2.10. The Labute approximate surface area is 126 Å². The summed E-state index contributed by atoms with van der Waals surface area (Å²) >= 11 is 0. The smallest absolute Gasteiger partial charge is 0.0540 e. The first-order valence-corrected chi connectivity index (χ1v) is 7.04. The summed E-state index contributed by atoms with van der Waals surface area (Å²) in [6.07, 6.45) is 4.16. The molecule has 0 saturated heterocycles. The molecule has 2 rings (SSSR count). The number of aromatic nitrogens is 1. The molecule has 0 aliphatic heterocycles. The Morgan fingerprint density at radius 2 is 1.86 bits per heavy atom. The zero-order valence-corrected chi connectivity index (χ0v) is 12.3. The Bertz CT molecular complexity index is 614. The summed E-state index contributed by atoms with van der Waals surface area (Å²) in [6, 6.07) is 12.3. The van der Waals surface area contributed by atoms with Gasteiger partial charge in [0.15, 0.2) is 0 Å². The Morgan fingerprint density at radius 1 is 1.10 bits per heavy atom. The van der Waals surface area contributed by atoms with Gasteiger partial charge in [-0.25, -0.2) is 0 Å². The molecule has 0 amide bonds. The molecule has 0 fully saturated rings. The predicted octanol–water partition coefficient (Wildman–Crippen LogP) is 2.45. The zero-order valence-electron chi connectivity index (χ0n) is 12.3. The number of aliphatic hydroxyl groups excluding tert-OH is 1. The number of pyridine rings is 1. The van der Waals surface area contributed by atoms with Crippen LogP contribution in [-0.4, -0.2) is 28.6 Å². The normalized spacial score (nSPS) is 10.2. The Balaban J connectivity index is 1.96. The number of hydrogen-bond acceptors (Lipinski definition) is 3. The molecule has 0 unspecified atom stereocenters. The van der Waals surface area contributed by atoms with E-state index in [0.717, 1.165) is 18.7 Å². The lowest BCUT2D eigenvalue weighted by atomic mass is 10.1. The van der Waals surface area contributed by atoms with Crippen LogP contribution in [0.5, 0.6) is 0 Å². The molecule has 0 saturated carbocycles. The third-order valence-electron chi connectivity index (χ3n) is 3.05. The van der Waals surface area contributed by atoms with Crippen molar-refractivity contribution in [1.82, 2.24) is 9.88 Å². The summed E-state index contributed by atoms with van der Waals surface area (Å²) in [6.45, 7) is 1.88. The quantitative estimate of drug-likeness (QED) is 0.855. The van der Waals surface area contributed by atoms with Crippen molar-refractivity contribution >= 4 is 0 Å². The standard InChI is InChI=1S/C18H20N2O/c1-20(14-17-8-10-19-11-9-17)15-18-7-4-6-16(13-18)5-2-3-12-21/h4,6-11,13,21H,3,12,14-15H2,1H3. The van der Waals surface area contributed by atoms with Crippen LogP contribution in [-0.2, 0) is 13.1 Å². The van der Waals surface area contributed by atoms with Gasteiger partial charge in [-0.3, -0.25) is 9.88 Å². The maximum Gasteiger partial charge on any atom is 0.0540 e. The Kier molecular flexibility index (Phi) is 5.96. The SMILES string of the molecule is CN(Cc1ccncc1)Cc1cccc(C#CCCO)c1. The van der Waals surface area contributed by atoms with Gasteiger partial charge in [0.1, 0.15) is 0 Å². The van der Waals surface area contributed by atoms with E-state index in [1.54, 1.807) is 0 Å². The van der Waals surface area contributed by atoms with Gasteiger partial charge in [0.05, 0.1) is 6.61 Å². The first-order chi connectivity index (χ1) is 10.3. The molecular formula is C18H20N2O. The average Bonchev–Trinajstić information content (AvgIpc) is 2.49. The molecule has 1 heterocycles. The molecule has 3 heteroatoms. The van der Waals surface area contributed by atoms with E-state index in [4.69, 9.17) is 5.11 Å². The van der Waals surface area contributed by atoms with E-state index in [1.165, 1.54) is 11.1 Å². The van der Waals surface area contributed by atoms with Crippen LogP contribution in [0, 0.1) is 11.8 Å². The zero-order chi connectivity index (χ0) is 14.9. The van der Waals surface area contributed by atoms with Gasteiger partial charge in [-0.2, -0.15) is 0 Å². The van der Waals surface area contributed by atoms with E-state index in [1.807, 2.05) is 36.7 Å². The molecule has 2 aromatic rings. The van der Waals surface area contributed by atoms with Crippen LogP contribution >= 0.6 is 0 Å². The topological polar surface area (TPSA) is 36.4 Å². The minimum absolute atomic E-state index is 0.112. The van der Waals surface area contributed by atoms with Gasteiger partial charge >= 0.3 is 0 Å². The van der Waals surface area contributed by atoms with E-state index in [9.17, 15) is 0 Å². The van der Waals surface area contributed by atoms with Crippen LogP contribution in [0.1, 0.15) is 23.1 Å². The summed E-state index contributed by atoms with van der Waals surface area (Å²) in [5.41, 5.74) is 3.49. The van der Waals surface area contributed by atoms with Gasteiger partial charge < -0.3 is 5.11 Å². The van der Waals surface area contributed by atoms with Gasteiger partial charge in [0.25, 0.3) is 0 Å². The third kappa shape index (κ3) is 5.39. The summed E-state index contributed by atoms with van der Waals surface area (Å²) < 4.78 is 0. The van der Waals surface area contributed by atoms with Crippen molar-refractivity contribution in [2.24, 2.45) is 0 Å². The summed E-state index contributed by atoms with van der Waals surface area (Å²) in [5.74, 6) is 6.02. The van der Waals surface area contributed by atoms with E-state index in [2.05, 4.69) is 40.9 Å². The van der Waals surface area contributed by atoms with Crippen molar-refractivity contribution in [3.8, 4) is 11.8 Å². The largest absolute Gasteiger partial charge is 0.395 e. The average molecular weight is 280 g/mol. The lowest BCUT2D eigenvalue weighted by molar-refractivity contribution is 0.305. The number of benzene rings is 1. The third-order valence-corrected chi connectivity index (χ3v) is 3.05. The van der Waals surface area contributed by atoms with Gasteiger partial charge in [-0.15, -0.1) is 0 Å². The van der Waals surface area contributed by atoms with Crippen LogP contribution < -0.4 is 0 Å². The number of nitrogens with zero attached hydrogens (tertiary/aromatic N) is 2. The predicted molar refractivity (Wildman–Crippen MR) is 84.4 cm³/mol. The molecular weight excluding hydrogens is 260 g/mol. The van der Waals surface area contributed by atoms with Gasteiger partial charge in [0, 0.05) is 37.5 Å². The van der Waals surface area contributed by atoms with E-state index in [-0.39, 0.29) is 6.61 Å². The molecule has 1 aromatic carbocycles. The van der Waals surface area contributed by atoms with Gasteiger partial charge in [0.2, 0.25) is 0 Å². The van der Waals surface area contributed by atoms with Crippen molar-refractivity contribution in [2.45, 2.75) is 19.5 Å². The molecule has 0 radical (unpaired) electrons. The minimum Gasteiger partial charge on any atom is -0.395 e. The molecule has 0 bridgehead atoms. The number of rotatable bonds is 5. The van der Waals surface area contributed by atoms with Crippen LogP contribution in [0.3, 0.4) is 0 Å². The highest BCUT2D eigenvalue weighted by atomic mass is 16.2. The van der Waals surface area contributed by atoms with E-state index >= 15 is 0 Å². The fraction of sp³-hybridized carbons (Fsp3) is 0.278. The minimum atomic E-state index is 0.112. The molecule has 108 valence electrons. The van der Waals surface area contributed by atoms with E-state index in [0.29, 0.717) is 6.42 Å². The maximum atomic E-state index is 8.74. The Morgan fingerprint density at radius 3 is 2.62 bits per heavy atom. The fourth-order valence-electron chi connectivity index (χ4n) is 2.14. The van der Waals surface area contributed by atoms with E-state index < -0.39 is 0 Å². The lowest BCUT2D eigenvalue weighted by Gasteiger charge is -2.16. The second-order valence-corrected chi connectivity index (χ2v) is 5.00. The van der Waals surface area contributed by atoms with Crippen LogP contribution in [0.2, 0.25) is 0 Å². The van der Waals surface area contributed by atoms with Crippen molar-refractivity contribution in [2.75, 3.05) is 13.7 Å². The van der Waals surface area contributed by atoms with Crippen molar-refractivity contribution < 1.29 is 5.11 Å². The second kappa shape index (κ2) is 8.21. The fourth-order valence-corrected chi connectivity index (χ4v) is 2.14. The molecule has 1 N–H and O–H groups in total. The molecule has 3 nitrogen and oxygen atoms in total. The molecule has 0 aliphatic carbocycles. The molecule has 0 spiro atoms. The highest BCUT2D eigenvalue weighted by Crippen LogP contribution is 2.09. The van der Waals surface area contributed by atoms with Crippen LogP contribution in [0.15, 0.2) is 48.8 Å².